The highest BCUT2D eigenvalue weighted by Crippen LogP contribution is 2.29. The van der Waals surface area contributed by atoms with Crippen molar-refractivity contribution in [3.63, 3.8) is 0 Å². The van der Waals surface area contributed by atoms with Gasteiger partial charge in [0, 0.05) is 50.1 Å². The van der Waals surface area contributed by atoms with Gasteiger partial charge in [-0.2, -0.15) is 0 Å². The summed E-state index contributed by atoms with van der Waals surface area (Å²) in [6.45, 7) is 2.48. The van der Waals surface area contributed by atoms with E-state index in [0.717, 1.165) is 22.7 Å². The molecule has 1 heterocycles. The molecular weight excluding hydrogens is 386 g/mol. The molecule has 0 aromatic heterocycles. The number of carbonyl (C=O) groups excluding carboxylic acids is 2. The molecule has 2 amide bonds. The van der Waals surface area contributed by atoms with Crippen LogP contribution < -0.4 is 20.1 Å². The van der Waals surface area contributed by atoms with E-state index in [0.29, 0.717) is 26.2 Å². The smallest absolute Gasteiger partial charge is 0.405 e. The summed E-state index contributed by atoms with van der Waals surface area (Å²) < 4.78 is 15.9. The first-order valence-corrected chi connectivity index (χ1v) is 9.77. The predicted molar refractivity (Wildman–Crippen MR) is 113 cm³/mol. The molecule has 30 heavy (non-hydrogen) atoms. The number of benzene rings is 2. The number of nitrogens with two attached hydrogens (primary N) is 1. The molecule has 0 aliphatic carbocycles. The summed E-state index contributed by atoms with van der Waals surface area (Å²) in [5.74, 6) is 1.36. The Morgan fingerprint density at radius 2 is 1.57 bits per heavy atom. The second-order valence-corrected chi connectivity index (χ2v) is 6.98. The van der Waals surface area contributed by atoms with E-state index in [1.54, 1.807) is 19.1 Å². The van der Waals surface area contributed by atoms with Crippen LogP contribution in [0.5, 0.6) is 11.5 Å². The van der Waals surface area contributed by atoms with Gasteiger partial charge in [0.1, 0.15) is 17.6 Å². The highest BCUT2D eigenvalue weighted by molar-refractivity contribution is 5.78. The van der Waals surface area contributed by atoms with Gasteiger partial charge in [-0.15, -0.1) is 0 Å². The number of anilines is 1. The molecule has 2 aromatic carbocycles. The Kier molecular flexibility index (Phi) is 7.00. The Morgan fingerprint density at radius 3 is 2.10 bits per heavy atom. The van der Waals surface area contributed by atoms with E-state index in [1.165, 1.54) is 0 Å². The number of ether oxygens (including phenoxy) is 3. The Balaban J connectivity index is 1.62. The van der Waals surface area contributed by atoms with Crippen LogP contribution in [0.25, 0.3) is 0 Å². The summed E-state index contributed by atoms with van der Waals surface area (Å²) in [4.78, 5) is 28.1. The molecule has 1 aliphatic heterocycles. The molecule has 1 aliphatic rings. The number of carbonyl (C=O) groups is 2. The van der Waals surface area contributed by atoms with Crippen molar-refractivity contribution in [3.05, 3.63) is 54.1 Å². The fourth-order valence-corrected chi connectivity index (χ4v) is 3.51. The van der Waals surface area contributed by atoms with Crippen molar-refractivity contribution in [3.8, 4) is 11.5 Å². The molecule has 3 rings (SSSR count). The Bertz CT molecular complexity index is 844. The molecule has 2 N–H and O–H groups in total. The second-order valence-electron chi connectivity index (χ2n) is 6.98. The predicted octanol–water partition coefficient (Wildman–Crippen LogP) is 2.58. The molecule has 1 saturated heterocycles. The van der Waals surface area contributed by atoms with Gasteiger partial charge >= 0.3 is 6.09 Å². The third-order valence-corrected chi connectivity index (χ3v) is 5.12. The van der Waals surface area contributed by atoms with Crippen LogP contribution >= 0.6 is 0 Å². The molecule has 0 bridgehead atoms. The van der Waals surface area contributed by atoms with Gasteiger partial charge in [-0.3, -0.25) is 4.79 Å². The van der Waals surface area contributed by atoms with Gasteiger partial charge in [0.2, 0.25) is 5.91 Å². The number of rotatable bonds is 7. The summed E-state index contributed by atoms with van der Waals surface area (Å²) in [6, 6.07) is 14.9. The van der Waals surface area contributed by atoms with Crippen LogP contribution in [0.4, 0.5) is 10.5 Å². The first-order valence-electron chi connectivity index (χ1n) is 9.77. The van der Waals surface area contributed by atoms with E-state index < -0.39 is 12.2 Å². The molecule has 160 valence electrons. The Labute approximate surface area is 176 Å². The summed E-state index contributed by atoms with van der Waals surface area (Å²) in [7, 11) is 3.24. The molecule has 0 radical (unpaired) electrons. The van der Waals surface area contributed by atoms with Crippen molar-refractivity contribution in [2.45, 2.75) is 12.5 Å². The van der Waals surface area contributed by atoms with Gasteiger partial charge in [-0.1, -0.05) is 30.3 Å². The summed E-state index contributed by atoms with van der Waals surface area (Å²) in [5, 5.41) is 0. The minimum absolute atomic E-state index is 0.0555. The van der Waals surface area contributed by atoms with E-state index in [-0.39, 0.29) is 12.3 Å². The van der Waals surface area contributed by atoms with E-state index in [2.05, 4.69) is 4.90 Å². The minimum Gasteiger partial charge on any atom is -0.497 e. The van der Waals surface area contributed by atoms with Gasteiger partial charge < -0.3 is 29.7 Å². The number of amides is 2. The van der Waals surface area contributed by atoms with Gasteiger partial charge in [0.05, 0.1) is 20.6 Å². The molecule has 2 aromatic rings. The topological polar surface area (TPSA) is 94.3 Å². The summed E-state index contributed by atoms with van der Waals surface area (Å²) in [5.41, 5.74) is 6.93. The third kappa shape index (κ3) is 5.34. The summed E-state index contributed by atoms with van der Waals surface area (Å²) in [6.07, 6.45) is -1.54. The van der Waals surface area contributed by atoms with Crippen molar-refractivity contribution >= 4 is 17.7 Å². The van der Waals surface area contributed by atoms with E-state index in [9.17, 15) is 9.59 Å². The van der Waals surface area contributed by atoms with Crippen molar-refractivity contribution in [2.24, 2.45) is 5.73 Å². The number of nitrogens with zero attached hydrogens (tertiary/aromatic N) is 2. The van der Waals surface area contributed by atoms with Crippen LogP contribution in [-0.4, -0.2) is 57.3 Å². The van der Waals surface area contributed by atoms with E-state index in [1.807, 2.05) is 48.5 Å². The average molecular weight is 413 g/mol. The van der Waals surface area contributed by atoms with Crippen molar-refractivity contribution in [2.75, 3.05) is 45.3 Å². The number of primary amides is 1. The Hall–Kier alpha value is -3.42. The van der Waals surface area contributed by atoms with Gasteiger partial charge in [-0.05, 0) is 5.56 Å². The standard InChI is InChI=1S/C22H27N3O5/c1-28-18-12-17(13-19(14-18)29-2)24-8-10-25(11-9-24)21(26)15-20(30-22(23)27)16-6-4-3-5-7-16/h3-7,12-14,20H,8-11,15H2,1-2H3,(H2,23,27). The maximum atomic E-state index is 12.8. The first-order chi connectivity index (χ1) is 14.5. The Morgan fingerprint density at radius 1 is 0.967 bits per heavy atom. The van der Waals surface area contributed by atoms with Crippen molar-refractivity contribution < 1.29 is 23.8 Å². The summed E-state index contributed by atoms with van der Waals surface area (Å²) >= 11 is 0. The monoisotopic (exact) mass is 413 g/mol. The van der Waals surface area contributed by atoms with Gasteiger partial charge in [-0.25, -0.2) is 4.79 Å². The third-order valence-electron chi connectivity index (χ3n) is 5.12. The number of methoxy groups -OCH3 is 2. The quantitative estimate of drug-likeness (QED) is 0.750. The largest absolute Gasteiger partial charge is 0.497 e. The molecule has 8 nitrogen and oxygen atoms in total. The van der Waals surface area contributed by atoms with Crippen LogP contribution in [0.1, 0.15) is 18.1 Å². The fraction of sp³-hybridized carbons (Fsp3) is 0.364. The SMILES string of the molecule is COc1cc(OC)cc(N2CCN(C(=O)CC(OC(N)=O)c3ccccc3)CC2)c1. The molecule has 0 saturated carbocycles. The average Bonchev–Trinajstić information content (AvgIpc) is 2.78. The highest BCUT2D eigenvalue weighted by atomic mass is 16.6. The van der Waals surface area contributed by atoms with E-state index in [4.69, 9.17) is 19.9 Å². The fourth-order valence-electron chi connectivity index (χ4n) is 3.51. The molecule has 1 fully saturated rings. The molecule has 1 atom stereocenters. The van der Waals surface area contributed by atoms with Crippen LogP contribution in [0, 0.1) is 0 Å². The first kappa shape index (κ1) is 21.3. The second kappa shape index (κ2) is 9.87. The lowest BCUT2D eigenvalue weighted by Gasteiger charge is -2.36. The van der Waals surface area contributed by atoms with E-state index >= 15 is 0 Å². The minimum atomic E-state index is -0.895. The van der Waals surface area contributed by atoms with Crippen LogP contribution in [0.3, 0.4) is 0 Å². The van der Waals surface area contributed by atoms with Crippen molar-refractivity contribution in [1.29, 1.82) is 0 Å². The zero-order chi connectivity index (χ0) is 21.5. The maximum Gasteiger partial charge on any atom is 0.405 e. The molecule has 0 spiro atoms. The van der Waals surface area contributed by atoms with Crippen LogP contribution in [0.2, 0.25) is 0 Å². The maximum absolute atomic E-state index is 12.8. The molecular formula is C22H27N3O5. The lowest BCUT2D eigenvalue weighted by atomic mass is 10.1. The number of hydrogen-bond donors (Lipinski definition) is 1. The lowest BCUT2D eigenvalue weighted by molar-refractivity contribution is -0.133. The van der Waals surface area contributed by atoms with Gasteiger partial charge in [0.25, 0.3) is 0 Å². The number of piperazine rings is 1. The zero-order valence-electron chi connectivity index (χ0n) is 17.2. The normalized spacial score (nSPS) is 14.7. The van der Waals surface area contributed by atoms with Crippen LogP contribution in [-0.2, 0) is 9.53 Å². The van der Waals surface area contributed by atoms with Crippen molar-refractivity contribution in [1.82, 2.24) is 4.90 Å². The van der Waals surface area contributed by atoms with Crippen LogP contribution in [0.15, 0.2) is 48.5 Å². The highest BCUT2D eigenvalue weighted by Gasteiger charge is 2.26. The molecule has 8 heteroatoms. The van der Waals surface area contributed by atoms with Gasteiger partial charge in [0.15, 0.2) is 0 Å². The molecule has 1 unspecified atom stereocenters. The number of hydrogen-bond acceptors (Lipinski definition) is 6. The zero-order valence-corrected chi connectivity index (χ0v) is 17.2. The lowest BCUT2D eigenvalue weighted by Crippen LogP contribution is -2.49.